The minimum atomic E-state index is -0.00542. The van der Waals surface area contributed by atoms with E-state index in [9.17, 15) is 4.79 Å². The first-order valence-corrected chi connectivity index (χ1v) is 9.61. The summed E-state index contributed by atoms with van der Waals surface area (Å²) in [5, 5.41) is 7.52. The number of amides is 1. The van der Waals surface area contributed by atoms with Crippen molar-refractivity contribution in [3.05, 3.63) is 77.6 Å². The number of likely N-dealkylation sites (N-methyl/N-ethyl adjacent to an activating group) is 1. The van der Waals surface area contributed by atoms with Gasteiger partial charge in [0.1, 0.15) is 0 Å². The Kier molecular flexibility index (Phi) is 6.26. The maximum atomic E-state index is 12.6. The van der Waals surface area contributed by atoms with Crippen molar-refractivity contribution < 1.29 is 4.79 Å². The molecule has 5 heteroatoms. The molecule has 0 atom stereocenters. The predicted octanol–water partition coefficient (Wildman–Crippen LogP) is 4.37. The Balaban J connectivity index is 1.61. The summed E-state index contributed by atoms with van der Waals surface area (Å²) >= 11 is 0. The first kappa shape index (κ1) is 19.8. The fourth-order valence-corrected chi connectivity index (χ4v) is 3.30. The normalized spacial score (nSPS) is 11.2. The van der Waals surface area contributed by atoms with Crippen molar-refractivity contribution in [3.8, 4) is 5.69 Å². The number of aromatic nitrogens is 2. The van der Waals surface area contributed by atoms with E-state index in [4.69, 9.17) is 0 Å². The van der Waals surface area contributed by atoms with Crippen molar-refractivity contribution >= 4 is 11.6 Å². The summed E-state index contributed by atoms with van der Waals surface area (Å²) in [5.74, 6) is 0.353. The molecule has 0 unspecified atom stereocenters. The quantitative estimate of drug-likeness (QED) is 0.666. The Morgan fingerprint density at radius 3 is 2.61 bits per heavy atom. The molecule has 0 aliphatic heterocycles. The number of benzene rings is 2. The molecule has 0 fully saturated rings. The zero-order valence-electron chi connectivity index (χ0n) is 17.0. The standard InChI is InChI=1S/C23H28N4O/c1-17(2)21-12-8-9-18(3)23(21)25-22(28)16-26(4)14-19-13-24-27(15-19)20-10-6-5-7-11-20/h5-13,15,17H,14,16H2,1-4H3,(H,25,28). The van der Waals surface area contributed by atoms with Crippen LogP contribution in [0.15, 0.2) is 60.9 Å². The van der Waals surface area contributed by atoms with E-state index in [0.717, 1.165) is 22.5 Å². The summed E-state index contributed by atoms with van der Waals surface area (Å²) < 4.78 is 1.85. The van der Waals surface area contributed by atoms with Gasteiger partial charge in [-0.3, -0.25) is 9.69 Å². The molecule has 0 aliphatic carbocycles. The molecular formula is C23H28N4O. The van der Waals surface area contributed by atoms with Gasteiger partial charge in [0.25, 0.3) is 0 Å². The van der Waals surface area contributed by atoms with E-state index >= 15 is 0 Å². The van der Waals surface area contributed by atoms with Crippen molar-refractivity contribution in [3.63, 3.8) is 0 Å². The Hall–Kier alpha value is -2.92. The summed E-state index contributed by atoms with van der Waals surface area (Å²) in [6.45, 7) is 7.29. The molecule has 28 heavy (non-hydrogen) atoms. The molecule has 3 aromatic rings. The molecule has 1 heterocycles. The average Bonchev–Trinajstić information content (AvgIpc) is 3.12. The summed E-state index contributed by atoms with van der Waals surface area (Å²) in [6, 6.07) is 16.1. The SMILES string of the molecule is Cc1cccc(C(C)C)c1NC(=O)CN(C)Cc1cnn(-c2ccccc2)c1. The first-order valence-electron chi connectivity index (χ1n) is 9.61. The molecule has 3 rings (SSSR count). The molecule has 0 saturated carbocycles. The van der Waals surface area contributed by atoms with E-state index in [1.54, 1.807) is 0 Å². The van der Waals surface area contributed by atoms with Crippen LogP contribution in [0.4, 0.5) is 5.69 Å². The van der Waals surface area contributed by atoms with E-state index in [2.05, 4.69) is 30.3 Å². The van der Waals surface area contributed by atoms with Crippen molar-refractivity contribution in [1.29, 1.82) is 0 Å². The van der Waals surface area contributed by atoms with Crippen molar-refractivity contribution in [2.24, 2.45) is 0 Å². The Labute approximate surface area is 167 Å². The molecule has 1 aromatic heterocycles. The van der Waals surface area contributed by atoms with E-state index < -0.39 is 0 Å². The highest BCUT2D eigenvalue weighted by Crippen LogP contribution is 2.27. The molecule has 0 bridgehead atoms. The van der Waals surface area contributed by atoms with Crippen LogP contribution in [-0.4, -0.2) is 34.2 Å². The Morgan fingerprint density at radius 2 is 1.89 bits per heavy atom. The third kappa shape index (κ3) is 4.87. The third-order valence-corrected chi connectivity index (χ3v) is 4.71. The minimum Gasteiger partial charge on any atom is -0.324 e. The molecule has 2 aromatic carbocycles. The third-order valence-electron chi connectivity index (χ3n) is 4.71. The average molecular weight is 377 g/mol. The zero-order valence-corrected chi connectivity index (χ0v) is 17.0. The molecule has 146 valence electrons. The van der Waals surface area contributed by atoms with E-state index in [-0.39, 0.29) is 5.91 Å². The lowest BCUT2D eigenvalue weighted by Crippen LogP contribution is -2.30. The van der Waals surface area contributed by atoms with Crippen LogP contribution >= 0.6 is 0 Å². The summed E-state index contributed by atoms with van der Waals surface area (Å²) in [6.07, 6.45) is 3.85. The van der Waals surface area contributed by atoms with Crippen molar-refractivity contribution in [2.45, 2.75) is 33.2 Å². The number of aryl methyl sites for hydroxylation is 1. The number of rotatable bonds is 7. The molecule has 0 aliphatic rings. The minimum absolute atomic E-state index is 0.00542. The number of anilines is 1. The molecule has 0 spiro atoms. The fourth-order valence-electron chi connectivity index (χ4n) is 3.30. The van der Waals surface area contributed by atoms with Crippen LogP contribution in [0.2, 0.25) is 0 Å². The highest BCUT2D eigenvalue weighted by Gasteiger charge is 2.14. The highest BCUT2D eigenvalue weighted by molar-refractivity contribution is 5.93. The monoisotopic (exact) mass is 376 g/mol. The lowest BCUT2D eigenvalue weighted by atomic mass is 9.98. The van der Waals surface area contributed by atoms with Crippen LogP contribution in [0.3, 0.4) is 0 Å². The molecule has 0 radical (unpaired) electrons. The number of hydrogen-bond acceptors (Lipinski definition) is 3. The van der Waals surface area contributed by atoms with Crippen LogP contribution in [0.25, 0.3) is 5.69 Å². The fraction of sp³-hybridized carbons (Fsp3) is 0.304. The Bertz CT molecular complexity index is 931. The number of para-hydroxylation sites is 2. The van der Waals surface area contributed by atoms with E-state index in [1.807, 2.05) is 78.4 Å². The second-order valence-corrected chi connectivity index (χ2v) is 7.54. The van der Waals surface area contributed by atoms with Crippen LogP contribution in [0.5, 0.6) is 0 Å². The molecule has 5 nitrogen and oxygen atoms in total. The van der Waals surface area contributed by atoms with Crippen molar-refractivity contribution in [2.75, 3.05) is 18.9 Å². The van der Waals surface area contributed by atoms with Crippen molar-refractivity contribution in [1.82, 2.24) is 14.7 Å². The molecule has 0 saturated heterocycles. The largest absolute Gasteiger partial charge is 0.324 e. The van der Waals surface area contributed by atoms with Gasteiger partial charge in [0.15, 0.2) is 0 Å². The maximum Gasteiger partial charge on any atom is 0.238 e. The predicted molar refractivity (Wildman–Crippen MR) is 114 cm³/mol. The second-order valence-electron chi connectivity index (χ2n) is 7.54. The van der Waals surface area contributed by atoms with Gasteiger partial charge in [-0.2, -0.15) is 5.10 Å². The van der Waals surface area contributed by atoms with Gasteiger partial charge in [-0.1, -0.05) is 50.2 Å². The van der Waals surface area contributed by atoms with Gasteiger partial charge in [0.2, 0.25) is 5.91 Å². The smallest absolute Gasteiger partial charge is 0.238 e. The molecule has 1 N–H and O–H groups in total. The molecule has 1 amide bonds. The van der Waals surface area contributed by atoms with E-state index in [1.165, 1.54) is 5.56 Å². The topological polar surface area (TPSA) is 50.2 Å². The number of nitrogens with zero attached hydrogens (tertiary/aromatic N) is 3. The number of carbonyl (C=O) groups excluding carboxylic acids is 1. The lowest BCUT2D eigenvalue weighted by Gasteiger charge is -2.19. The summed E-state index contributed by atoms with van der Waals surface area (Å²) in [4.78, 5) is 14.6. The summed E-state index contributed by atoms with van der Waals surface area (Å²) in [5.41, 5.74) is 5.28. The number of nitrogens with one attached hydrogen (secondary N) is 1. The maximum absolute atomic E-state index is 12.6. The first-order chi connectivity index (χ1) is 13.4. The lowest BCUT2D eigenvalue weighted by molar-refractivity contribution is -0.117. The van der Waals surface area contributed by atoms with Gasteiger partial charge in [-0.25, -0.2) is 4.68 Å². The van der Waals surface area contributed by atoms with Gasteiger partial charge in [0.05, 0.1) is 18.4 Å². The van der Waals surface area contributed by atoms with Gasteiger partial charge in [-0.05, 0) is 43.1 Å². The van der Waals surface area contributed by atoms with Gasteiger partial charge in [0, 0.05) is 24.0 Å². The number of carbonyl (C=O) groups is 1. The Morgan fingerprint density at radius 1 is 1.14 bits per heavy atom. The van der Waals surface area contributed by atoms with Gasteiger partial charge >= 0.3 is 0 Å². The summed E-state index contributed by atoms with van der Waals surface area (Å²) in [7, 11) is 1.95. The second kappa shape index (κ2) is 8.85. The van der Waals surface area contributed by atoms with Gasteiger partial charge in [-0.15, -0.1) is 0 Å². The number of hydrogen-bond donors (Lipinski definition) is 1. The van der Waals surface area contributed by atoms with E-state index in [0.29, 0.717) is 19.0 Å². The molecular weight excluding hydrogens is 348 g/mol. The highest BCUT2D eigenvalue weighted by atomic mass is 16.2. The van der Waals surface area contributed by atoms with Crippen LogP contribution in [-0.2, 0) is 11.3 Å². The van der Waals surface area contributed by atoms with Gasteiger partial charge < -0.3 is 5.32 Å². The van der Waals surface area contributed by atoms with Crippen LogP contribution < -0.4 is 5.32 Å². The van der Waals surface area contributed by atoms with Crippen LogP contribution in [0.1, 0.15) is 36.5 Å². The zero-order chi connectivity index (χ0) is 20.1. The van der Waals surface area contributed by atoms with Crippen LogP contribution in [0, 0.1) is 6.92 Å².